The summed E-state index contributed by atoms with van der Waals surface area (Å²) in [6, 6.07) is 8.68. The number of fused-ring (bicyclic) bond motifs is 1. The van der Waals surface area contributed by atoms with Crippen molar-refractivity contribution in [1.29, 1.82) is 0 Å². The van der Waals surface area contributed by atoms with Crippen LogP contribution in [0.1, 0.15) is 17.3 Å². The monoisotopic (exact) mass is 257 g/mol. The van der Waals surface area contributed by atoms with Crippen molar-refractivity contribution in [3.63, 3.8) is 0 Å². The molecule has 0 radical (unpaired) electrons. The highest BCUT2D eigenvalue weighted by molar-refractivity contribution is 5.81. The van der Waals surface area contributed by atoms with Crippen LogP contribution in [0.2, 0.25) is 0 Å². The maximum absolute atomic E-state index is 11.2. The van der Waals surface area contributed by atoms with Gasteiger partial charge in [0, 0.05) is 30.8 Å². The van der Waals surface area contributed by atoms with Crippen molar-refractivity contribution in [3.8, 4) is 0 Å². The third-order valence-electron chi connectivity index (χ3n) is 3.92. The Labute approximate surface area is 113 Å². The fourth-order valence-corrected chi connectivity index (χ4v) is 2.79. The number of aryl methyl sites for hydroxylation is 1. The molecule has 1 atom stereocenters. The summed E-state index contributed by atoms with van der Waals surface area (Å²) in [6.45, 7) is 4.70. The molecule has 0 aliphatic carbocycles. The number of H-pyrrole nitrogens is 1. The van der Waals surface area contributed by atoms with Gasteiger partial charge >= 0.3 is 0 Å². The van der Waals surface area contributed by atoms with Gasteiger partial charge in [-0.2, -0.15) is 0 Å². The fraction of sp³-hybridized carbons (Fsp3) is 0.400. The van der Waals surface area contributed by atoms with Crippen molar-refractivity contribution in [1.82, 2.24) is 14.8 Å². The number of hydrogen-bond acceptors (Lipinski definition) is 2. The molecule has 1 aliphatic heterocycles. The van der Waals surface area contributed by atoms with Crippen molar-refractivity contribution in [2.24, 2.45) is 0 Å². The molecular formula is C15H19N3O. The molecule has 0 spiro atoms. The normalized spacial score (nSPS) is 20.9. The van der Waals surface area contributed by atoms with Crippen LogP contribution >= 0.6 is 0 Å². The van der Waals surface area contributed by atoms with Gasteiger partial charge in [-0.05, 0) is 37.6 Å². The minimum absolute atomic E-state index is 0.129. The van der Waals surface area contributed by atoms with E-state index in [0.29, 0.717) is 0 Å². The van der Waals surface area contributed by atoms with E-state index in [1.165, 1.54) is 10.9 Å². The van der Waals surface area contributed by atoms with Gasteiger partial charge in [-0.3, -0.25) is 4.79 Å². The summed E-state index contributed by atoms with van der Waals surface area (Å²) in [5.74, 6) is 0. The summed E-state index contributed by atoms with van der Waals surface area (Å²) in [5.41, 5.74) is 3.52. The predicted molar refractivity (Wildman–Crippen MR) is 76.0 cm³/mol. The minimum Gasteiger partial charge on any atom is -0.357 e. The molecule has 1 amide bonds. The number of carbonyl (C=O) groups is 1. The number of hydrogen-bond donors (Lipinski definition) is 1. The van der Waals surface area contributed by atoms with Crippen molar-refractivity contribution < 1.29 is 4.79 Å². The Kier molecular flexibility index (Phi) is 3.03. The highest BCUT2D eigenvalue weighted by Crippen LogP contribution is 2.26. The summed E-state index contributed by atoms with van der Waals surface area (Å²) in [7, 11) is 2.10. The molecule has 1 N–H and O–H groups in total. The van der Waals surface area contributed by atoms with Gasteiger partial charge in [0.05, 0.1) is 6.04 Å². The number of nitrogens with zero attached hydrogens (tertiary/aromatic N) is 2. The van der Waals surface area contributed by atoms with E-state index in [-0.39, 0.29) is 6.04 Å². The summed E-state index contributed by atoms with van der Waals surface area (Å²) < 4.78 is 0. The first kappa shape index (κ1) is 12.2. The van der Waals surface area contributed by atoms with Gasteiger partial charge in [-0.15, -0.1) is 0 Å². The lowest BCUT2D eigenvalue weighted by atomic mass is 10.1. The molecular weight excluding hydrogens is 238 g/mol. The van der Waals surface area contributed by atoms with E-state index in [4.69, 9.17) is 0 Å². The van der Waals surface area contributed by atoms with Crippen LogP contribution in [-0.4, -0.2) is 47.9 Å². The van der Waals surface area contributed by atoms with Crippen LogP contribution in [0.4, 0.5) is 0 Å². The molecule has 2 heterocycles. The first-order valence-electron chi connectivity index (χ1n) is 6.66. The number of aromatic amines is 1. The molecule has 1 aromatic heterocycles. The van der Waals surface area contributed by atoms with Gasteiger partial charge < -0.3 is 14.8 Å². The maximum atomic E-state index is 11.2. The van der Waals surface area contributed by atoms with Gasteiger partial charge in [-0.25, -0.2) is 0 Å². The molecule has 0 bridgehead atoms. The zero-order valence-corrected chi connectivity index (χ0v) is 11.4. The Morgan fingerprint density at radius 2 is 2.16 bits per heavy atom. The number of aromatic nitrogens is 1. The zero-order valence-electron chi connectivity index (χ0n) is 11.4. The second-order valence-electron chi connectivity index (χ2n) is 5.44. The first-order chi connectivity index (χ1) is 9.17. The zero-order chi connectivity index (χ0) is 13.4. The third kappa shape index (κ3) is 2.24. The molecule has 0 saturated carbocycles. The van der Waals surface area contributed by atoms with Crippen molar-refractivity contribution in [2.75, 3.05) is 26.7 Å². The van der Waals surface area contributed by atoms with Crippen LogP contribution in [0.25, 0.3) is 10.9 Å². The fourth-order valence-electron chi connectivity index (χ4n) is 2.79. The topological polar surface area (TPSA) is 39.3 Å². The van der Waals surface area contributed by atoms with Gasteiger partial charge in [0.2, 0.25) is 6.41 Å². The van der Waals surface area contributed by atoms with Gasteiger partial charge in [0.1, 0.15) is 0 Å². The molecule has 19 heavy (non-hydrogen) atoms. The number of piperazine rings is 1. The number of amides is 1. The second-order valence-corrected chi connectivity index (χ2v) is 5.44. The van der Waals surface area contributed by atoms with E-state index in [1.54, 1.807) is 0 Å². The Bertz CT molecular complexity index is 604. The Hall–Kier alpha value is -1.81. The number of nitrogens with one attached hydrogen (secondary N) is 1. The minimum atomic E-state index is 0.129. The summed E-state index contributed by atoms with van der Waals surface area (Å²) in [6.07, 6.45) is 0.967. The van der Waals surface area contributed by atoms with Crippen LogP contribution in [0.15, 0.2) is 24.3 Å². The van der Waals surface area contributed by atoms with Crippen LogP contribution in [0, 0.1) is 6.92 Å². The Balaban J connectivity index is 1.99. The van der Waals surface area contributed by atoms with Gasteiger partial charge in [-0.1, -0.05) is 11.6 Å². The quantitative estimate of drug-likeness (QED) is 0.835. The largest absolute Gasteiger partial charge is 0.357 e. The average molecular weight is 257 g/mol. The molecule has 1 aliphatic rings. The lowest BCUT2D eigenvalue weighted by molar-refractivity contribution is -0.122. The van der Waals surface area contributed by atoms with Crippen LogP contribution < -0.4 is 0 Å². The summed E-state index contributed by atoms with van der Waals surface area (Å²) >= 11 is 0. The lowest BCUT2D eigenvalue weighted by Crippen LogP contribution is -2.46. The number of rotatable bonds is 2. The molecule has 1 fully saturated rings. The van der Waals surface area contributed by atoms with E-state index in [1.807, 2.05) is 4.90 Å². The number of carbonyl (C=O) groups excluding carboxylic acids is 1. The van der Waals surface area contributed by atoms with Gasteiger partial charge in [0.25, 0.3) is 0 Å². The smallest absolute Gasteiger partial charge is 0.210 e. The van der Waals surface area contributed by atoms with Crippen molar-refractivity contribution in [3.05, 3.63) is 35.5 Å². The predicted octanol–water partition coefficient (Wildman–Crippen LogP) is 1.92. The van der Waals surface area contributed by atoms with E-state index in [9.17, 15) is 4.79 Å². The first-order valence-corrected chi connectivity index (χ1v) is 6.66. The highest BCUT2D eigenvalue weighted by Gasteiger charge is 2.26. The number of benzene rings is 1. The summed E-state index contributed by atoms with van der Waals surface area (Å²) in [5, 5.41) is 1.22. The lowest BCUT2D eigenvalue weighted by Gasteiger charge is -2.37. The third-order valence-corrected chi connectivity index (χ3v) is 3.92. The van der Waals surface area contributed by atoms with Crippen molar-refractivity contribution in [2.45, 2.75) is 13.0 Å². The Morgan fingerprint density at radius 1 is 1.32 bits per heavy atom. The van der Waals surface area contributed by atoms with Gasteiger partial charge in [0.15, 0.2) is 0 Å². The molecule has 4 heteroatoms. The highest BCUT2D eigenvalue weighted by atomic mass is 16.1. The van der Waals surface area contributed by atoms with E-state index in [2.05, 4.69) is 48.1 Å². The standard InChI is InChI=1S/C15H19N3O/c1-11-3-4-13-12(7-11)8-14(16-13)15-9-17(2)5-6-18(15)10-19/h3-4,7-8,10,15-16H,5-6,9H2,1-2H3. The molecule has 100 valence electrons. The average Bonchev–Trinajstić information content (AvgIpc) is 2.81. The van der Waals surface area contributed by atoms with Crippen LogP contribution in [-0.2, 0) is 4.79 Å². The van der Waals surface area contributed by atoms with Crippen molar-refractivity contribution >= 4 is 17.3 Å². The molecule has 4 nitrogen and oxygen atoms in total. The van der Waals surface area contributed by atoms with E-state index >= 15 is 0 Å². The molecule has 2 aromatic rings. The van der Waals surface area contributed by atoms with E-state index in [0.717, 1.165) is 37.3 Å². The maximum Gasteiger partial charge on any atom is 0.210 e. The number of likely N-dealkylation sites (N-methyl/N-ethyl adjacent to an activating group) is 1. The molecule has 1 aromatic carbocycles. The second kappa shape index (κ2) is 4.70. The van der Waals surface area contributed by atoms with Crippen LogP contribution in [0.5, 0.6) is 0 Å². The summed E-state index contributed by atoms with van der Waals surface area (Å²) in [4.78, 5) is 18.8. The molecule has 3 rings (SSSR count). The SMILES string of the molecule is Cc1ccc2[nH]c(C3CN(C)CCN3C=O)cc2c1. The Morgan fingerprint density at radius 3 is 2.95 bits per heavy atom. The van der Waals surface area contributed by atoms with Crippen LogP contribution in [0.3, 0.4) is 0 Å². The molecule has 1 saturated heterocycles. The van der Waals surface area contributed by atoms with E-state index < -0.39 is 0 Å². The molecule has 1 unspecified atom stereocenters.